The van der Waals surface area contributed by atoms with Crippen LogP contribution >= 0.6 is 0 Å². The van der Waals surface area contributed by atoms with E-state index in [1.807, 2.05) is 60.7 Å². The molecule has 32 heavy (non-hydrogen) atoms. The molecule has 3 aromatic rings. The Morgan fingerprint density at radius 2 is 1.69 bits per heavy atom. The second kappa shape index (κ2) is 9.61. The molecule has 0 spiro atoms. The molecule has 1 amide bonds. The predicted octanol–water partition coefficient (Wildman–Crippen LogP) is 5.57. The molecular formula is C27H31NO4. The highest BCUT2D eigenvalue weighted by atomic mass is 16.5. The lowest BCUT2D eigenvalue weighted by Crippen LogP contribution is -2.44. The van der Waals surface area contributed by atoms with E-state index in [0.717, 1.165) is 33.5 Å². The Bertz CT molecular complexity index is 1070. The SMILES string of the molecule is COc1ccc(C2(C(=O)Nc3ccc(OCC(C)C)c4ccccc34)CCOCC2)cc1. The molecular weight excluding hydrogens is 402 g/mol. The number of rotatable bonds is 7. The Labute approximate surface area is 189 Å². The first-order valence-corrected chi connectivity index (χ1v) is 11.2. The monoisotopic (exact) mass is 433 g/mol. The summed E-state index contributed by atoms with van der Waals surface area (Å²) >= 11 is 0. The van der Waals surface area contributed by atoms with Crippen molar-refractivity contribution in [3.63, 3.8) is 0 Å². The summed E-state index contributed by atoms with van der Waals surface area (Å²) in [5.41, 5.74) is 1.14. The number of carbonyl (C=O) groups is 1. The number of carbonyl (C=O) groups excluding carboxylic acids is 1. The van der Waals surface area contributed by atoms with E-state index in [-0.39, 0.29) is 5.91 Å². The third kappa shape index (κ3) is 4.44. The van der Waals surface area contributed by atoms with E-state index in [1.54, 1.807) is 7.11 Å². The van der Waals surface area contributed by atoms with Gasteiger partial charge in [-0.3, -0.25) is 4.79 Å². The summed E-state index contributed by atoms with van der Waals surface area (Å²) in [7, 11) is 1.64. The van der Waals surface area contributed by atoms with Crippen molar-refractivity contribution < 1.29 is 19.0 Å². The second-order valence-electron chi connectivity index (χ2n) is 8.74. The molecule has 0 radical (unpaired) electrons. The first-order valence-electron chi connectivity index (χ1n) is 11.2. The van der Waals surface area contributed by atoms with Crippen LogP contribution in [0.2, 0.25) is 0 Å². The van der Waals surface area contributed by atoms with Gasteiger partial charge < -0.3 is 19.5 Å². The average molecular weight is 434 g/mol. The summed E-state index contributed by atoms with van der Waals surface area (Å²) in [6, 6.07) is 19.7. The van der Waals surface area contributed by atoms with Crippen molar-refractivity contribution in [2.75, 3.05) is 32.2 Å². The number of hydrogen-bond donors (Lipinski definition) is 1. The fourth-order valence-electron chi connectivity index (χ4n) is 4.28. The lowest BCUT2D eigenvalue weighted by Gasteiger charge is -2.36. The number of benzene rings is 3. The summed E-state index contributed by atoms with van der Waals surface area (Å²) in [6.45, 7) is 6.02. The zero-order valence-electron chi connectivity index (χ0n) is 19.0. The van der Waals surface area contributed by atoms with E-state index < -0.39 is 5.41 Å². The minimum absolute atomic E-state index is 0.00744. The zero-order valence-corrected chi connectivity index (χ0v) is 19.0. The topological polar surface area (TPSA) is 56.8 Å². The predicted molar refractivity (Wildman–Crippen MR) is 128 cm³/mol. The van der Waals surface area contributed by atoms with Gasteiger partial charge in [-0.15, -0.1) is 0 Å². The first kappa shape index (κ1) is 22.2. The van der Waals surface area contributed by atoms with Crippen LogP contribution in [0.15, 0.2) is 60.7 Å². The summed E-state index contributed by atoms with van der Waals surface area (Å²) in [4.78, 5) is 13.8. The normalized spacial score (nSPS) is 15.5. The molecule has 4 rings (SSSR count). The number of anilines is 1. The van der Waals surface area contributed by atoms with Gasteiger partial charge in [0.1, 0.15) is 11.5 Å². The molecule has 1 saturated heterocycles. The Balaban J connectivity index is 1.67. The number of hydrogen-bond acceptors (Lipinski definition) is 4. The maximum absolute atomic E-state index is 13.8. The Hall–Kier alpha value is -3.05. The molecule has 0 bridgehead atoms. The van der Waals surface area contributed by atoms with Crippen molar-refractivity contribution in [2.45, 2.75) is 32.1 Å². The summed E-state index contributed by atoms with van der Waals surface area (Å²) in [6.07, 6.45) is 1.28. The van der Waals surface area contributed by atoms with Crippen molar-refractivity contribution >= 4 is 22.4 Å². The fraction of sp³-hybridized carbons (Fsp3) is 0.370. The Morgan fingerprint density at radius 3 is 2.34 bits per heavy atom. The van der Waals surface area contributed by atoms with Crippen molar-refractivity contribution in [3.05, 3.63) is 66.2 Å². The molecule has 0 aliphatic carbocycles. The molecule has 3 aromatic carbocycles. The molecule has 1 aliphatic heterocycles. The van der Waals surface area contributed by atoms with E-state index in [2.05, 4.69) is 19.2 Å². The third-order valence-electron chi connectivity index (χ3n) is 6.13. The van der Waals surface area contributed by atoms with Gasteiger partial charge in [0.05, 0.1) is 19.1 Å². The molecule has 0 atom stereocenters. The number of fused-ring (bicyclic) bond motifs is 1. The van der Waals surface area contributed by atoms with Gasteiger partial charge in [0, 0.05) is 29.7 Å². The third-order valence-corrected chi connectivity index (χ3v) is 6.13. The quantitative estimate of drug-likeness (QED) is 0.529. The van der Waals surface area contributed by atoms with Crippen molar-refractivity contribution in [3.8, 4) is 11.5 Å². The number of methoxy groups -OCH3 is 1. The van der Waals surface area contributed by atoms with Crippen LogP contribution in [0.25, 0.3) is 10.8 Å². The molecule has 5 nitrogen and oxygen atoms in total. The van der Waals surface area contributed by atoms with Crippen LogP contribution in [0.3, 0.4) is 0 Å². The molecule has 1 fully saturated rings. The van der Waals surface area contributed by atoms with Gasteiger partial charge in [0.2, 0.25) is 5.91 Å². The van der Waals surface area contributed by atoms with Crippen LogP contribution in [0.1, 0.15) is 32.3 Å². The van der Waals surface area contributed by atoms with E-state index in [1.165, 1.54) is 0 Å². The van der Waals surface area contributed by atoms with Gasteiger partial charge in [0.15, 0.2) is 0 Å². The zero-order chi connectivity index (χ0) is 22.6. The summed E-state index contributed by atoms with van der Waals surface area (Å²) < 4.78 is 16.9. The van der Waals surface area contributed by atoms with Crippen molar-refractivity contribution in [1.29, 1.82) is 0 Å². The minimum atomic E-state index is -0.640. The lowest BCUT2D eigenvalue weighted by molar-refractivity contribution is -0.125. The van der Waals surface area contributed by atoms with Gasteiger partial charge in [0.25, 0.3) is 0 Å². The molecule has 5 heteroatoms. The Kier molecular flexibility index (Phi) is 6.66. The van der Waals surface area contributed by atoms with Crippen molar-refractivity contribution in [2.24, 2.45) is 5.92 Å². The van der Waals surface area contributed by atoms with E-state index in [4.69, 9.17) is 14.2 Å². The molecule has 0 unspecified atom stereocenters. The van der Waals surface area contributed by atoms with Crippen LogP contribution in [0.5, 0.6) is 11.5 Å². The number of nitrogens with one attached hydrogen (secondary N) is 1. The van der Waals surface area contributed by atoms with Crippen LogP contribution in [0.4, 0.5) is 5.69 Å². The van der Waals surface area contributed by atoms with Gasteiger partial charge in [-0.25, -0.2) is 0 Å². The molecule has 168 valence electrons. The maximum atomic E-state index is 13.8. The van der Waals surface area contributed by atoms with Crippen LogP contribution in [-0.4, -0.2) is 32.8 Å². The second-order valence-corrected chi connectivity index (χ2v) is 8.74. The Morgan fingerprint density at radius 1 is 1.00 bits per heavy atom. The van der Waals surface area contributed by atoms with E-state index in [0.29, 0.717) is 38.6 Å². The molecule has 1 heterocycles. The van der Waals surface area contributed by atoms with Crippen LogP contribution in [0, 0.1) is 5.92 Å². The molecule has 1 aliphatic rings. The molecule has 0 aromatic heterocycles. The highest BCUT2D eigenvalue weighted by molar-refractivity contribution is 6.07. The van der Waals surface area contributed by atoms with Gasteiger partial charge in [-0.1, -0.05) is 50.2 Å². The minimum Gasteiger partial charge on any atom is -0.497 e. The maximum Gasteiger partial charge on any atom is 0.235 e. The average Bonchev–Trinajstić information content (AvgIpc) is 2.84. The lowest BCUT2D eigenvalue weighted by atomic mass is 9.73. The van der Waals surface area contributed by atoms with Gasteiger partial charge in [-0.2, -0.15) is 0 Å². The fourth-order valence-corrected chi connectivity index (χ4v) is 4.28. The standard InChI is InChI=1S/C27H31NO4/c1-19(2)18-32-25-13-12-24(22-6-4-5-7-23(22)25)28-26(29)27(14-16-31-17-15-27)20-8-10-21(30-3)11-9-20/h4-13,19H,14-18H2,1-3H3,(H,28,29). The summed E-state index contributed by atoms with van der Waals surface area (Å²) in [5.74, 6) is 2.04. The molecule has 0 saturated carbocycles. The van der Waals surface area contributed by atoms with E-state index >= 15 is 0 Å². The first-order chi connectivity index (χ1) is 15.5. The van der Waals surface area contributed by atoms with Crippen molar-refractivity contribution in [1.82, 2.24) is 0 Å². The smallest absolute Gasteiger partial charge is 0.235 e. The largest absolute Gasteiger partial charge is 0.497 e. The highest BCUT2D eigenvalue weighted by Gasteiger charge is 2.42. The number of ether oxygens (including phenoxy) is 3. The van der Waals surface area contributed by atoms with E-state index in [9.17, 15) is 4.79 Å². The van der Waals surface area contributed by atoms with Crippen LogP contribution < -0.4 is 14.8 Å². The highest BCUT2D eigenvalue weighted by Crippen LogP contribution is 2.38. The van der Waals surface area contributed by atoms with Gasteiger partial charge in [-0.05, 0) is 48.6 Å². The number of amides is 1. The van der Waals surface area contributed by atoms with Crippen LogP contribution in [-0.2, 0) is 14.9 Å². The molecule has 1 N–H and O–H groups in total. The summed E-state index contributed by atoms with van der Waals surface area (Å²) in [5, 5.41) is 5.20. The van der Waals surface area contributed by atoms with Gasteiger partial charge >= 0.3 is 0 Å².